The second-order valence-electron chi connectivity index (χ2n) is 6.80. The van der Waals surface area contributed by atoms with Crippen LogP contribution in [0.3, 0.4) is 0 Å². The van der Waals surface area contributed by atoms with E-state index in [2.05, 4.69) is 4.72 Å². The van der Waals surface area contributed by atoms with Crippen LogP contribution in [0.5, 0.6) is 0 Å². The fourth-order valence-electron chi connectivity index (χ4n) is 3.12. The minimum atomic E-state index is -4.43. The van der Waals surface area contributed by atoms with Crippen molar-refractivity contribution < 1.29 is 22.0 Å². The molecule has 0 unspecified atom stereocenters. The number of carbonyl (C=O) groups excluding carboxylic acids is 1. The van der Waals surface area contributed by atoms with Crippen molar-refractivity contribution in [1.29, 1.82) is 0 Å². The maximum atomic E-state index is 13.8. The predicted molar refractivity (Wildman–Crippen MR) is 97.6 cm³/mol. The minimum Gasteiger partial charge on any atom is -0.338 e. The van der Waals surface area contributed by atoms with Crippen LogP contribution < -0.4 is 4.72 Å². The number of nitrogens with one attached hydrogen (secondary N) is 1. The van der Waals surface area contributed by atoms with Crippen LogP contribution in [0.1, 0.15) is 25.0 Å². The zero-order valence-electron chi connectivity index (χ0n) is 15.0. The molecule has 5 nitrogen and oxygen atoms in total. The second kappa shape index (κ2) is 7.26. The molecule has 144 valence electrons. The number of anilines is 1. The number of nitrogens with zero attached hydrogens (tertiary/aromatic N) is 1. The number of fused-ring (bicyclic) bond motifs is 1. The molecule has 0 saturated carbocycles. The van der Waals surface area contributed by atoms with Gasteiger partial charge in [0.05, 0.1) is 0 Å². The first-order valence-corrected chi connectivity index (χ1v) is 10.0. The van der Waals surface area contributed by atoms with E-state index in [4.69, 9.17) is 0 Å². The highest BCUT2D eigenvalue weighted by Crippen LogP contribution is 2.26. The van der Waals surface area contributed by atoms with Crippen molar-refractivity contribution in [3.63, 3.8) is 0 Å². The highest BCUT2D eigenvalue weighted by Gasteiger charge is 2.26. The molecule has 1 amide bonds. The predicted octanol–water partition coefficient (Wildman–Crippen LogP) is 3.31. The molecule has 0 aromatic heterocycles. The van der Waals surface area contributed by atoms with Gasteiger partial charge in [-0.1, -0.05) is 26.0 Å². The smallest absolute Gasteiger partial charge is 0.267 e. The Morgan fingerprint density at radius 3 is 2.41 bits per heavy atom. The third-order valence-corrected chi connectivity index (χ3v) is 5.90. The molecule has 1 N–H and O–H groups in total. The van der Waals surface area contributed by atoms with Crippen LogP contribution in [-0.2, 0) is 27.8 Å². The molecule has 1 aliphatic heterocycles. The van der Waals surface area contributed by atoms with Crippen molar-refractivity contribution in [3.05, 3.63) is 59.2 Å². The summed E-state index contributed by atoms with van der Waals surface area (Å²) in [5.41, 5.74) is 2.02. The largest absolute Gasteiger partial charge is 0.338 e. The number of sulfonamides is 1. The quantitative estimate of drug-likeness (QED) is 0.865. The summed E-state index contributed by atoms with van der Waals surface area (Å²) in [7, 11) is -4.43. The Balaban J connectivity index is 1.88. The lowest BCUT2D eigenvalue weighted by molar-refractivity contribution is -0.135. The lowest BCUT2D eigenvalue weighted by Gasteiger charge is -2.30. The van der Waals surface area contributed by atoms with E-state index in [0.717, 1.165) is 29.3 Å². The Kier molecular flexibility index (Phi) is 5.19. The summed E-state index contributed by atoms with van der Waals surface area (Å²) in [5, 5.41) is 0. The van der Waals surface area contributed by atoms with Gasteiger partial charge in [0.1, 0.15) is 11.6 Å². The van der Waals surface area contributed by atoms with E-state index in [1.54, 1.807) is 23.1 Å². The van der Waals surface area contributed by atoms with Gasteiger partial charge in [0, 0.05) is 24.7 Å². The SMILES string of the molecule is CC(C)C(=O)N1CCc2ccc(NS(=O)(=O)c3c(F)cccc3F)cc2C1. The summed E-state index contributed by atoms with van der Waals surface area (Å²) in [4.78, 5) is 12.9. The van der Waals surface area contributed by atoms with Gasteiger partial charge in [-0.3, -0.25) is 9.52 Å². The van der Waals surface area contributed by atoms with Crippen LogP contribution in [-0.4, -0.2) is 25.8 Å². The Labute approximate surface area is 157 Å². The summed E-state index contributed by atoms with van der Waals surface area (Å²) in [6, 6.07) is 7.80. The van der Waals surface area contributed by atoms with Crippen LogP contribution in [0.25, 0.3) is 0 Å². The first-order valence-electron chi connectivity index (χ1n) is 8.56. The van der Waals surface area contributed by atoms with Crippen LogP contribution >= 0.6 is 0 Å². The van der Waals surface area contributed by atoms with E-state index in [0.29, 0.717) is 19.5 Å². The molecule has 0 fully saturated rings. The molecular formula is C19H20F2N2O3S. The van der Waals surface area contributed by atoms with E-state index < -0.39 is 26.6 Å². The molecule has 0 saturated heterocycles. The molecule has 2 aromatic carbocycles. The topological polar surface area (TPSA) is 66.5 Å². The van der Waals surface area contributed by atoms with Crippen molar-refractivity contribution in [2.75, 3.05) is 11.3 Å². The molecule has 0 bridgehead atoms. The number of benzene rings is 2. The fraction of sp³-hybridized carbons (Fsp3) is 0.316. The van der Waals surface area contributed by atoms with Gasteiger partial charge in [-0.2, -0.15) is 0 Å². The fourth-order valence-corrected chi connectivity index (χ4v) is 4.31. The van der Waals surface area contributed by atoms with E-state index >= 15 is 0 Å². The van der Waals surface area contributed by atoms with Gasteiger partial charge in [-0.25, -0.2) is 17.2 Å². The number of amides is 1. The standard InChI is InChI=1S/C19H20F2N2O3S/c1-12(2)19(24)23-9-8-13-6-7-15(10-14(13)11-23)22-27(25,26)18-16(20)4-3-5-17(18)21/h3-7,10,12,22H,8-9,11H2,1-2H3. The average Bonchev–Trinajstić information content (AvgIpc) is 2.59. The van der Waals surface area contributed by atoms with Gasteiger partial charge in [0.25, 0.3) is 10.0 Å². The summed E-state index contributed by atoms with van der Waals surface area (Å²) >= 11 is 0. The van der Waals surface area contributed by atoms with Crippen molar-refractivity contribution in [3.8, 4) is 0 Å². The Hall–Kier alpha value is -2.48. The van der Waals surface area contributed by atoms with E-state index in [1.165, 1.54) is 0 Å². The normalized spacial score (nSPS) is 14.2. The lowest BCUT2D eigenvalue weighted by atomic mass is 9.98. The molecule has 0 spiro atoms. The highest BCUT2D eigenvalue weighted by molar-refractivity contribution is 7.92. The van der Waals surface area contributed by atoms with E-state index in [-0.39, 0.29) is 17.5 Å². The molecule has 27 heavy (non-hydrogen) atoms. The Morgan fingerprint density at radius 1 is 1.11 bits per heavy atom. The summed E-state index contributed by atoms with van der Waals surface area (Å²) in [5.74, 6) is -2.42. The summed E-state index contributed by atoms with van der Waals surface area (Å²) < 4.78 is 54.7. The number of carbonyl (C=O) groups is 1. The van der Waals surface area contributed by atoms with Gasteiger partial charge >= 0.3 is 0 Å². The third kappa shape index (κ3) is 3.95. The Morgan fingerprint density at radius 2 is 1.78 bits per heavy atom. The molecule has 8 heteroatoms. The number of hydrogen-bond acceptors (Lipinski definition) is 3. The number of hydrogen-bond donors (Lipinski definition) is 1. The Bertz CT molecular complexity index is 970. The first-order chi connectivity index (χ1) is 12.7. The molecule has 2 aromatic rings. The van der Waals surface area contributed by atoms with Crippen LogP contribution in [0.15, 0.2) is 41.3 Å². The van der Waals surface area contributed by atoms with Crippen molar-refractivity contribution >= 4 is 21.6 Å². The summed E-state index contributed by atoms with van der Waals surface area (Å²) in [6.07, 6.45) is 0.669. The van der Waals surface area contributed by atoms with E-state index in [9.17, 15) is 22.0 Å². The van der Waals surface area contributed by atoms with Gasteiger partial charge in [-0.05, 0) is 41.8 Å². The molecular weight excluding hydrogens is 374 g/mol. The molecule has 1 aliphatic rings. The first kappa shape index (κ1) is 19.3. The maximum absolute atomic E-state index is 13.8. The lowest BCUT2D eigenvalue weighted by Crippen LogP contribution is -2.38. The molecule has 0 atom stereocenters. The van der Waals surface area contributed by atoms with Gasteiger partial charge in [0.15, 0.2) is 4.90 Å². The van der Waals surface area contributed by atoms with Crippen molar-refractivity contribution in [2.45, 2.75) is 31.7 Å². The van der Waals surface area contributed by atoms with Crippen LogP contribution in [0.4, 0.5) is 14.5 Å². The second-order valence-corrected chi connectivity index (χ2v) is 8.42. The molecule has 1 heterocycles. The monoisotopic (exact) mass is 394 g/mol. The number of halogens is 2. The van der Waals surface area contributed by atoms with Gasteiger partial charge in [0.2, 0.25) is 5.91 Å². The van der Waals surface area contributed by atoms with Crippen LogP contribution in [0, 0.1) is 17.6 Å². The molecule has 0 radical (unpaired) electrons. The molecule has 0 aliphatic carbocycles. The minimum absolute atomic E-state index is 0.0278. The highest BCUT2D eigenvalue weighted by atomic mass is 32.2. The third-order valence-electron chi connectivity index (χ3n) is 4.46. The molecule has 3 rings (SSSR count). The van der Waals surface area contributed by atoms with Crippen molar-refractivity contribution in [1.82, 2.24) is 4.90 Å². The summed E-state index contributed by atoms with van der Waals surface area (Å²) in [6.45, 7) is 4.63. The van der Waals surface area contributed by atoms with Crippen LogP contribution in [0.2, 0.25) is 0 Å². The van der Waals surface area contributed by atoms with Gasteiger partial charge < -0.3 is 4.90 Å². The zero-order valence-corrected chi connectivity index (χ0v) is 15.8. The maximum Gasteiger partial charge on any atom is 0.267 e. The average molecular weight is 394 g/mol. The van der Waals surface area contributed by atoms with E-state index in [1.807, 2.05) is 13.8 Å². The zero-order chi connectivity index (χ0) is 19.8. The number of rotatable bonds is 4. The van der Waals surface area contributed by atoms with Crippen molar-refractivity contribution in [2.24, 2.45) is 5.92 Å². The van der Waals surface area contributed by atoms with Gasteiger partial charge in [-0.15, -0.1) is 0 Å².